The van der Waals surface area contributed by atoms with Crippen LogP contribution in [0.2, 0.25) is 0 Å². The highest BCUT2D eigenvalue weighted by Gasteiger charge is 2.33. The van der Waals surface area contributed by atoms with Crippen molar-refractivity contribution in [2.75, 3.05) is 13.2 Å². The molecule has 1 aliphatic heterocycles. The van der Waals surface area contributed by atoms with E-state index >= 15 is 0 Å². The number of benzene rings is 4. The van der Waals surface area contributed by atoms with Crippen molar-refractivity contribution >= 4 is 28.4 Å². The number of hydrogen-bond acceptors (Lipinski definition) is 5. The highest BCUT2D eigenvalue weighted by atomic mass is 16.6. The van der Waals surface area contributed by atoms with Crippen LogP contribution in [-0.2, 0) is 14.3 Å². The second-order valence-corrected chi connectivity index (χ2v) is 10.1. The van der Waals surface area contributed by atoms with Crippen LogP contribution in [0.4, 0.5) is 0 Å². The minimum atomic E-state index is -0.603. The third kappa shape index (κ3) is 6.01. The molecule has 0 radical (unpaired) electrons. The Morgan fingerprint density at radius 1 is 0.897 bits per heavy atom. The van der Waals surface area contributed by atoms with Gasteiger partial charge in [-0.3, -0.25) is 4.79 Å². The zero-order chi connectivity index (χ0) is 27.4. The second-order valence-electron chi connectivity index (χ2n) is 10.1. The maximum Gasteiger partial charge on any atom is 0.344 e. The molecule has 6 heteroatoms. The monoisotopic (exact) mass is 520 g/mol. The molecule has 39 heavy (non-hydrogen) atoms. The van der Waals surface area contributed by atoms with Gasteiger partial charge in [0.15, 0.2) is 13.2 Å². The number of fused-ring (bicyclic) bond motifs is 1. The normalized spacial score (nSPS) is 14.9. The average Bonchev–Trinajstić information content (AvgIpc) is 3.40. The molecule has 6 nitrogen and oxygen atoms in total. The summed E-state index contributed by atoms with van der Waals surface area (Å²) in [6, 6.07) is 29.8. The molecule has 5 rings (SSSR count). The maximum absolute atomic E-state index is 13.3. The van der Waals surface area contributed by atoms with E-state index in [9.17, 15) is 9.59 Å². The number of hydrogen-bond donors (Lipinski definition) is 0. The van der Waals surface area contributed by atoms with E-state index in [4.69, 9.17) is 14.6 Å². The van der Waals surface area contributed by atoms with Crippen molar-refractivity contribution in [3.63, 3.8) is 0 Å². The Labute approximate surface area is 228 Å². The number of hydrazone groups is 1. The van der Waals surface area contributed by atoms with Crippen LogP contribution in [0, 0.1) is 6.92 Å². The first-order chi connectivity index (χ1) is 18.9. The summed E-state index contributed by atoms with van der Waals surface area (Å²) >= 11 is 0. The summed E-state index contributed by atoms with van der Waals surface area (Å²) in [5, 5.41) is 8.42. The molecule has 0 aliphatic carbocycles. The zero-order valence-corrected chi connectivity index (χ0v) is 22.5. The molecule has 198 valence electrons. The van der Waals surface area contributed by atoms with Crippen molar-refractivity contribution in [1.29, 1.82) is 0 Å². The third-order valence-corrected chi connectivity index (χ3v) is 6.93. The van der Waals surface area contributed by atoms with Crippen molar-refractivity contribution in [2.24, 2.45) is 5.10 Å². The summed E-state index contributed by atoms with van der Waals surface area (Å²) in [6.45, 7) is 5.43. The van der Waals surface area contributed by atoms with Gasteiger partial charge in [0.25, 0.3) is 5.91 Å². The van der Waals surface area contributed by atoms with E-state index in [0.29, 0.717) is 12.2 Å². The van der Waals surface area contributed by atoms with E-state index in [1.165, 1.54) is 5.01 Å². The predicted octanol–water partition coefficient (Wildman–Crippen LogP) is 6.57. The van der Waals surface area contributed by atoms with Crippen LogP contribution >= 0.6 is 0 Å². The van der Waals surface area contributed by atoms with E-state index in [0.717, 1.165) is 38.7 Å². The van der Waals surface area contributed by atoms with Gasteiger partial charge in [-0.1, -0.05) is 92.7 Å². The molecule has 4 aromatic carbocycles. The van der Waals surface area contributed by atoms with Gasteiger partial charge in [0.05, 0.1) is 11.8 Å². The largest absolute Gasteiger partial charge is 0.482 e. The fourth-order valence-electron chi connectivity index (χ4n) is 4.85. The Morgan fingerprint density at radius 2 is 1.64 bits per heavy atom. The van der Waals surface area contributed by atoms with E-state index in [-0.39, 0.29) is 24.5 Å². The Kier molecular flexibility index (Phi) is 7.73. The number of rotatable bonds is 8. The van der Waals surface area contributed by atoms with E-state index < -0.39 is 12.6 Å². The molecule has 0 spiro atoms. The van der Waals surface area contributed by atoms with E-state index in [1.807, 2.05) is 73.7 Å². The zero-order valence-electron chi connectivity index (χ0n) is 22.5. The van der Waals surface area contributed by atoms with Gasteiger partial charge in [-0.25, -0.2) is 9.80 Å². The average molecular weight is 521 g/mol. The molecule has 1 aliphatic rings. The number of carbonyl (C=O) groups is 2. The molecule has 0 fully saturated rings. The number of amides is 1. The summed E-state index contributed by atoms with van der Waals surface area (Å²) in [4.78, 5) is 25.8. The van der Waals surface area contributed by atoms with Crippen LogP contribution in [0.3, 0.4) is 0 Å². The Morgan fingerprint density at radius 3 is 2.41 bits per heavy atom. The fraction of sp³-hybridized carbons (Fsp3) is 0.242. The summed E-state index contributed by atoms with van der Waals surface area (Å²) in [5.41, 5.74) is 4.82. The van der Waals surface area contributed by atoms with Crippen LogP contribution in [0.25, 0.3) is 10.8 Å². The van der Waals surface area contributed by atoms with Gasteiger partial charge < -0.3 is 9.47 Å². The van der Waals surface area contributed by atoms with Crippen LogP contribution in [0.1, 0.15) is 54.5 Å². The first-order valence-corrected chi connectivity index (χ1v) is 13.2. The van der Waals surface area contributed by atoms with Gasteiger partial charge in [0.2, 0.25) is 0 Å². The molecule has 0 saturated carbocycles. The Balaban J connectivity index is 1.29. The quantitative estimate of drug-likeness (QED) is 0.246. The molecule has 1 atom stereocenters. The number of nitrogens with zero attached hydrogens (tertiary/aromatic N) is 2. The highest BCUT2D eigenvalue weighted by Crippen LogP contribution is 2.33. The Bertz CT molecular complexity index is 1530. The smallest absolute Gasteiger partial charge is 0.344 e. The van der Waals surface area contributed by atoms with Crippen molar-refractivity contribution in [1.82, 2.24) is 5.01 Å². The minimum Gasteiger partial charge on any atom is -0.482 e. The molecule has 0 saturated heterocycles. The van der Waals surface area contributed by atoms with Crippen LogP contribution in [-0.4, -0.2) is 35.8 Å². The van der Waals surface area contributed by atoms with Gasteiger partial charge in [0, 0.05) is 6.42 Å². The van der Waals surface area contributed by atoms with Gasteiger partial charge in [0.1, 0.15) is 5.75 Å². The summed E-state index contributed by atoms with van der Waals surface area (Å²) in [6.07, 6.45) is 0.566. The fourth-order valence-corrected chi connectivity index (χ4v) is 4.85. The maximum atomic E-state index is 13.3. The molecule has 0 aromatic heterocycles. The minimum absolute atomic E-state index is 0.248. The molecular formula is C33H32N2O4. The number of aryl methyl sites for hydroxylation is 1. The molecule has 1 amide bonds. The topological polar surface area (TPSA) is 68.2 Å². The van der Waals surface area contributed by atoms with Gasteiger partial charge in [-0.15, -0.1) is 0 Å². The first kappa shape index (κ1) is 26.2. The number of ether oxygens (including phenoxy) is 2. The van der Waals surface area contributed by atoms with E-state index in [2.05, 4.69) is 38.1 Å². The summed E-state index contributed by atoms with van der Waals surface area (Å²) in [7, 11) is 0. The third-order valence-electron chi connectivity index (χ3n) is 6.93. The lowest BCUT2D eigenvalue weighted by Crippen LogP contribution is -2.32. The lowest BCUT2D eigenvalue weighted by atomic mass is 9.97. The summed E-state index contributed by atoms with van der Waals surface area (Å²) in [5.74, 6) is -0.0836. The van der Waals surface area contributed by atoms with Crippen LogP contribution in [0.15, 0.2) is 96.1 Å². The lowest BCUT2D eigenvalue weighted by molar-refractivity contribution is -0.154. The van der Waals surface area contributed by atoms with Crippen molar-refractivity contribution in [3.8, 4) is 5.75 Å². The van der Waals surface area contributed by atoms with Crippen LogP contribution in [0.5, 0.6) is 5.75 Å². The predicted molar refractivity (Wildman–Crippen MR) is 153 cm³/mol. The molecule has 0 bridgehead atoms. The summed E-state index contributed by atoms with van der Waals surface area (Å²) < 4.78 is 11.1. The first-order valence-electron chi connectivity index (χ1n) is 13.2. The number of esters is 1. The SMILES string of the molecule is Cc1ccc(C(C)C)c(OCC(=O)OCC(=O)N2N=C(c3ccc4ccccc4c3)CC2c2ccccc2)c1. The lowest BCUT2D eigenvalue weighted by Gasteiger charge is -2.22. The standard InChI is InChI=1S/C33H32N2O4/c1-22(2)28-16-13-23(3)17-31(28)38-21-33(37)39-20-32(36)35-30(25-10-5-4-6-11-25)19-29(34-35)27-15-14-24-9-7-8-12-26(24)18-27/h4-18,22,30H,19-21H2,1-3H3. The molecule has 0 N–H and O–H groups in total. The molecule has 1 unspecified atom stereocenters. The second kappa shape index (κ2) is 11.5. The van der Waals surface area contributed by atoms with Crippen molar-refractivity contribution in [3.05, 3.63) is 113 Å². The van der Waals surface area contributed by atoms with Gasteiger partial charge >= 0.3 is 5.97 Å². The van der Waals surface area contributed by atoms with E-state index in [1.54, 1.807) is 0 Å². The van der Waals surface area contributed by atoms with Crippen LogP contribution < -0.4 is 4.74 Å². The van der Waals surface area contributed by atoms with Gasteiger partial charge in [-0.2, -0.15) is 5.10 Å². The molecular weight excluding hydrogens is 488 g/mol. The number of carbonyl (C=O) groups excluding carboxylic acids is 2. The van der Waals surface area contributed by atoms with Gasteiger partial charge in [-0.05, 0) is 58.0 Å². The van der Waals surface area contributed by atoms with Crippen molar-refractivity contribution in [2.45, 2.75) is 39.2 Å². The molecule has 4 aromatic rings. The molecule has 1 heterocycles. The highest BCUT2D eigenvalue weighted by molar-refractivity contribution is 6.05. The van der Waals surface area contributed by atoms with Crippen molar-refractivity contribution < 1.29 is 19.1 Å². The Hall–Kier alpha value is -4.45.